The Morgan fingerprint density at radius 3 is 2.68 bits per heavy atom. The molecule has 0 bridgehead atoms. The highest BCUT2D eigenvalue weighted by molar-refractivity contribution is 7.89. The number of benzene rings is 1. The number of nitrogens with zero attached hydrogens (tertiary/aromatic N) is 1. The maximum atomic E-state index is 13.0. The summed E-state index contributed by atoms with van der Waals surface area (Å²) in [4.78, 5) is 17.1. The van der Waals surface area contributed by atoms with E-state index in [1.807, 2.05) is 6.08 Å². The Morgan fingerprint density at radius 2 is 2.07 bits per heavy atom. The molecule has 0 spiro atoms. The molecule has 1 heterocycles. The van der Waals surface area contributed by atoms with Crippen molar-refractivity contribution in [3.05, 3.63) is 52.0 Å². The predicted octanol–water partition coefficient (Wildman–Crippen LogP) is 4.94. The van der Waals surface area contributed by atoms with Crippen LogP contribution in [0, 0.1) is 5.92 Å². The van der Waals surface area contributed by atoms with Crippen molar-refractivity contribution >= 4 is 49.4 Å². The first-order valence-corrected chi connectivity index (χ1v) is 12.5. The number of allylic oxidation sites excluding steroid dienone is 1. The number of halogens is 1. The van der Waals surface area contributed by atoms with E-state index in [2.05, 4.69) is 10.3 Å². The summed E-state index contributed by atoms with van der Waals surface area (Å²) in [5, 5.41) is 5.53. The lowest BCUT2D eigenvalue weighted by Gasteiger charge is -2.20. The number of aromatic nitrogens is 1. The minimum absolute atomic E-state index is 0.126. The van der Waals surface area contributed by atoms with E-state index in [-0.39, 0.29) is 11.7 Å². The fourth-order valence-electron chi connectivity index (χ4n) is 3.40. The summed E-state index contributed by atoms with van der Waals surface area (Å²) in [6.45, 7) is 0. The molecule has 1 saturated carbocycles. The van der Waals surface area contributed by atoms with Gasteiger partial charge in [0.2, 0.25) is 0 Å². The molecule has 1 amide bonds. The molecule has 1 fully saturated rings. The van der Waals surface area contributed by atoms with Gasteiger partial charge >= 0.3 is 0 Å². The second-order valence-electron chi connectivity index (χ2n) is 7.15. The smallest absolute Gasteiger partial charge is 0.257 e. The average Bonchev–Trinajstić information content (AvgIpc) is 3.14. The van der Waals surface area contributed by atoms with Crippen LogP contribution in [0.2, 0.25) is 5.02 Å². The topological polar surface area (TPSA) is 76.1 Å². The van der Waals surface area contributed by atoms with Crippen LogP contribution >= 0.6 is 22.9 Å². The van der Waals surface area contributed by atoms with Crippen molar-refractivity contribution in [2.24, 2.45) is 5.92 Å². The third kappa shape index (κ3) is 5.90. The minimum Gasteiger partial charge on any atom is -0.298 e. The molecule has 5 nitrogen and oxygen atoms in total. The molecule has 2 aromatic rings. The first kappa shape index (κ1) is 21.0. The van der Waals surface area contributed by atoms with Crippen LogP contribution < -0.4 is 5.32 Å². The average molecular weight is 439 g/mol. The molecule has 1 N–H and O–H groups in total. The number of rotatable bonds is 6. The zero-order chi connectivity index (χ0) is 20.1. The van der Waals surface area contributed by atoms with Crippen molar-refractivity contribution in [1.82, 2.24) is 4.98 Å². The lowest BCUT2D eigenvalue weighted by atomic mass is 9.86. The Morgan fingerprint density at radius 1 is 1.32 bits per heavy atom. The summed E-state index contributed by atoms with van der Waals surface area (Å²) in [6.07, 6.45) is 10.5. The summed E-state index contributed by atoms with van der Waals surface area (Å²) >= 11 is 7.69. The SMILES string of the molecule is CS(=O)(=O)Cc1ccc(C(=CC2CCCCC2)C(=O)Nc2nccs2)cc1Cl. The number of carbonyl (C=O) groups excluding carboxylic acids is 1. The highest BCUT2D eigenvalue weighted by Crippen LogP contribution is 2.31. The molecule has 1 aromatic carbocycles. The molecule has 1 aliphatic carbocycles. The second kappa shape index (κ2) is 9.20. The normalized spacial score (nSPS) is 16.1. The Hall–Kier alpha value is -1.70. The number of carbonyl (C=O) groups is 1. The van der Waals surface area contributed by atoms with Crippen LogP contribution in [0.15, 0.2) is 35.9 Å². The molecule has 150 valence electrons. The Kier molecular flexibility index (Phi) is 6.91. The number of thiazole rings is 1. The first-order chi connectivity index (χ1) is 13.3. The second-order valence-corrected chi connectivity index (χ2v) is 10.6. The van der Waals surface area contributed by atoms with Gasteiger partial charge in [-0.1, -0.05) is 49.1 Å². The lowest BCUT2D eigenvalue weighted by molar-refractivity contribution is -0.111. The largest absolute Gasteiger partial charge is 0.298 e. The molecular weight excluding hydrogens is 416 g/mol. The molecule has 28 heavy (non-hydrogen) atoms. The highest BCUT2D eigenvalue weighted by atomic mass is 35.5. The highest BCUT2D eigenvalue weighted by Gasteiger charge is 2.19. The fourth-order valence-corrected chi connectivity index (χ4v) is 5.07. The molecule has 0 unspecified atom stereocenters. The minimum atomic E-state index is -3.19. The van der Waals surface area contributed by atoms with Crippen LogP contribution in [-0.2, 0) is 20.4 Å². The van der Waals surface area contributed by atoms with E-state index in [1.54, 1.807) is 29.8 Å². The maximum Gasteiger partial charge on any atom is 0.257 e. The van der Waals surface area contributed by atoms with E-state index in [0.717, 1.165) is 25.7 Å². The molecular formula is C20H23ClN2O3S2. The number of nitrogens with one attached hydrogen (secondary N) is 1. The van der Waals surface area contributed by atoms with Gasteiger partial charge in [-0.3, -0.25) is 10.1 Å². The molecule has 0 saturated heterocycles. The predicted molar refractivity (Wildman–Crippen MR) is 115 cm³/mol. The van der Waals surface area contributed by atoms with Crippen molar-refractivity contribution in [3.63, 3.8) is 0 Å². The first-order valence-electron chi connectivity index (χ1n) is 9.21. The van der Waals surface area contributed by atoms with Gasteiger partial charge < -0.3 is 0 Å². The zero-order valence-corrected chi connectivity index (χ0v) is 18.0. The summed E-state index contributed by atoms with van der Waals surface area (Å²) in [6, 6.07) is 5.13. The van der Waals surface area contributed by atoms with E-state index < -0.39 is 9.84 Å². The standard InChI is InChI=1S/C20H23ClN2O3S2/c1-28(25,26)13-16-8-7-15(12-18(16)21)17(11-14-5-3-2-4-6-14)19(24)23-20-22-9-10-27-20/h7-12,14H,2-6,13H2,1H3,(H,22,23,24). The van der Waals surface area contributed by atoms with E-state index >= 15 is 0 Å². The summed E-state index contributed by atoms with van der Waals surface area (Å²) < 4.78 is 23.2. The quantitative estimate of drug-likeness (QED) is 0.648. The van der Waals surface area contributed by atoms with Crippen molar-refractivity contribution in [1.29, 1.82) is 0 Å². The molecule has 0 atom stereocenters. The Bertz CT molecular complexity index is 963. The summed E-state index contributed by atoms with van der Waals surface area (Å²) in [5.74, 6) is -0.00764. The molecule has 3 rings (SSSR count). The number of hydrogen-bond donors (Lipinski definition) is 1. The van der Waals surface area contributed by atoms with Crippen molar-refractivity contribution in [3.8, 4) is 0 Å². The van der Waals surface area contributed by atoms with Crippen LogP contribution in [0.25, 0.3) is 5.57 Å². The number of anilines is 1. The molecule has 8 heteroatoms. The van der Waals surface area contributed by atoms with Gasteiger partial charge in [0.25, 0.3) is 5.91 Å². The van der Waals surface area contributed by atoms with Gasteiger partial charge in [-0.15, -0.1) is 11.3 Å². The Labute approximate surface area is 174 Å². The Balaban J connectivity index is 1.92. The van der Waals surface area contributed by atoms with Crippen LogP contribution in [0.5, 0.6) is 0 Å². The number of hydrogen-bond acceptors (Lipinski definition) is 5. The zero-order valence-electron chi connectivity index (χ0n) is 15.7. The van der Waals surface area contributed by atoms with Crippen LogP contribution in [-0.4, -0.2) is 25.6 Å². The molecule has 0 radical (unpaired) electrons. The van der Waals surface area contributed by atoms with Gasteiger partial charge in [-0.2, -0.15) is 0 Å². The lowest BCUT2D eigenvalue weighted by Crippen LogP contribution is -2.15. The van der Waals surface area contributed by atoms with Gasteiger partial charge in [-0.25, -0.2) is 13.4 Å². The third-order valence-electron chi connectivity index (χ3n) is 4.73. The van der Waals surface area contributed by atoms with Gasteiger partial charge in [0.05, 0.1) is 5.75 Å². The number of amides is 1. The van der Waals surface area contributed by atoms with Crippen LogP contribution in [0.3, 0.4) is 0 Å². The van der Waals surface area contributed by atoms with Gasteiger partial charge in [0.1, 0.15) is 0 Å². The molecule has 0 aliphatic heterocycles. The van der Waals surface area contributed by atoms with E-state index in [0.29, 0.717) is 32.8 Å². The summed E-state index contributed by atoms with van der Waals surface area (Å²) in [7, 11) is -3.19. The monoisotopic (exact) mass is 438 g/mol. The van der Waals surface area contributed by atoms with Crippen molar-refractivity contribution in [2.45, 2.75) is 37.9 Å². The van der Waals surface area contributed by atoms with Crippen molar-refractivity contribution < 1.29 is 13.2 Å². The van der Waals surface area contributed by atoms with Gasteiger partial charge in [0.15, 0.2) is 15.0 Å². The molecule has 1 aromatic heterocycles. The third-order valence-corrected chi connectivity index (χ3v) is 6.61. The van der Waals surface area contributed by atoms with E-state index in [4.69, 9.17) is 11.6 Å². The van der Waals surface area contributed by atoms with E-state index in [1.165, 1.54) is 24.0 Å². The maximum absolute atomic E-state index is 13.0. The van der Waals surface area contributed by atoms with Crippen LogP contribution in [0.4, 0.5) is 5.13 Å². The van der Waals surface area contributed by atoms with E-state index in [9.17, 15) is 13.2 Å². The van der Waals surface area contributed by atoms with Gasteiger partial charge in [-0.05, 0) is 36.0 Å². The summed E-state index contributed by atoms with van der Waals surface area (Å²) in [5.41, 5.74) is 1.77. The van der Waals surface area contributed by atoms with Crippen molar-refractivity contribution in [2.75, 3.05) is 11.6 Å². The molecule has 1 aliphatic rings. The fraction of sp³-hybridized carbons (Fsp3) is 0.400. The number of sulfone groups is 1. The van der Waals surface area contributed by atoms with Gasteiger partial charge in [0, 0.05) is 28.4 Å². The van der Waals surface area contributed by atoms with Crippen LogP contribution in [0.1, 0.15) is 43.2 Å².